The Morgan fingerprint density at radius 3 is 1.77 bits per heavy atom. The van der Waals surface area contributed by atoms with Gasteiger partial charge in [0.15, 0.2) is 0 Å². The van der Waals surface area contributed by atoms with Crippen molar-refractivity contribution in [1.82, 2.24) is 0 Å². The van der Waals surface area contributed by atoms with Crippen LogP contribution in [-0.2, 0) is 0 Å². The summed E-state index contributed by atoms with van der Waals surface area (Å²) in [5, 5.41) is 0. The van der Waals surface area contributed by atoms with Gasteiger partial charge in [-0.25, -0.2) is 0 Å². The van der Waals surface area contributed by atoms with Gasteiger partial charge >= 0.3 is 114 Å². The molecular weight excluding hydrogens is 183 g/mol. The Kier molecular flexibility index (Phi) is 3.36. The van der Waals surface area contributed by atoms with Crippen molar-refractivity contribution in [3.63, 3.8) is 0 Å². The van der Waals surface area contributed by atoms with E-state index < -0.39 is 0 Å². The van der Waals surface area contributed by atoms with E-state index in [1.54, 1.807) is 0 Å². The minimum absolute atomic E-state index is 0.794. The number of rotatable bonds is 1. The molecule has 0 radical (unpaired) electrons. The molecule has 13 heavy (non-hydrogen) atoms. The monoisotopic (exact) mass is 192 g/mol. The third-order valence-corrected chi connectivity index (χ3v) is 3.20. The van der Waals surface area contributed by atoms with Crippen molar-refractivity contribution in [2.75, 3.05) is 0 Å². The molecule has 0 saturated heterocycles. The number of benzene rings is 2. The van der Waals surface area contributed by atoms with E-state index in [2.05, 4.69) is 48.5 Å². The molecule has 0 N–H and O–H groups in total. The van der Waals surface area contributed by atoms with Crippen LogP contribution in [0.2, 0.25) is 0 Å². The Balaban J connectivity index is 2.42. The summed E-state index contributed by atoms with van der Waals surface area (Å²) in [4.78, 5) is 0. The standard InChI is InChI=1S/C12H9.K/c1-3-7-11(8-4-1)12-9-5-2-6-10-12;/h1,3-10H;. The Bertz CT molecular complexity index is 376. The zero-order valence-electron chi connectivity index (χ0n) is 7.70. The topological polar surface area (TPSA) is 0 Å². The fourth-order valence-electron chi connectivity index (χ4n) is 1.38. The zero-order valence-corrected chi connectivity index (χ0v) is 10.8. The molecule has 0 saturated carbocycles. The van der Waals surface area contributed by atoms with Crippen molar-refractivity contribution in [2.45, 2.75) is 0 Å². The van der Waals surface area contributed by atoms with E-state index in [-0.39, 0.29) is 0 Å². The van der Waals surface area contributed by atoms with Gasteiger partial charge < -0.3 is 0 Å². The van der Waals surface area contributed by atoms with Gasteiger partial charge in [-0.05, 0) is 0 Å². The van der Waals surface area contributed by atoms with Crippen molar-refractivity contribution in [3.05, 3.63) is 54.6 Å². The molecule has 0 aliphatic carbocycles. The molecule has 0 atom stereocenters. The predicted octanol–water partition coefficient (Wildman–Crippen LogP) is 2.15. The number of hydrogen-bond acceptors (Lipinski definition) is 0. The van der Waals surface area contributed by atoms with Crippen LogP contribution in [0.4, 0.5) is 0 Å². The summed E-state index contributed by atoms with van der Waals surface area (Å²) in [7, 11) is 0. The molecule has 0 amide bonds. The molecule has 0 aliphatic heterocycles. The van der Waals surface area contributed by atoms with Crippen LogP contribution < -0.4 is -0.342 Å². The van der Waals surface area contributed by atoms with Crippen LogP contribution in [0.1, 0.15) is 0 Å². The van der Waals surface area contributed by atoms with E-state index in [0.717, 1.165) is 49.0 Å². The van der Waals surface area contributed by atoms with Gasteiger partial charge in [0.1, 0.15) is 0 Å². The summed E-state index contributed by atoms with van der Waals surface area (Å²) >= 11 is 0.794. The van der Waals surface area contributed by atoms with Gasteiger partial charge in [-0.15, -0.1) is 0 Å². The molecule has 0 heterocycles. The van der Waals surface area contributed by atoms with Crippen LogP contribution >= 0.6 is 0 Å². The molecule has 0 aliphatic rings. The number of hydrogen-bond donors (Lipinski definition) is 0. The summed E-state index contributed by atoms with van der Waals surface area (Å²) in [5.41, 5.74) is 2.61. The average molecular weight is 192 g/mol. The maximum absolute atomic E-state index is 2.22. The maximum atomic E-state index is 2.22. The first-order chi connectivity index (χ1) is 6.36. The molecular formula is C12H9K. The van der Waals surface area contributed by atoms with Gasteiger partial charge in [0, 0.05) is 0 Å². The van der Waals surface area contributed by atoms with Crippen molar-refractivity contribution in [2.24, 2.45) is 0 Å². The summed E-state index contributed by atoms with van der Waals surface area (Å²) in [6.07, 6.45) is 0. The van der Waals surface area contributed by atoms with Crippen LogP contribution in [0.3, 0.4) is 0 Å². The van der Waals surface area contributed by atoms with Gasteiger partial charge in [0.05, 0.1) is 0 Å². The van der Waals surface area contributed by atoms with Gasteiger partial charge in [0.25, 0.3) is 0 Å². The first kappa shape index (κ1) is 9.62. The van der Waals surface area contributed by atoms with E-state index in [1.165, 1.54) is 10.8 Å². The van der Waals surface area contributed by atoms with Crippen molar-refractivity contribution >= 4 is 48.6 Å². The summed E-state index contributed by atoms with van der Waals surface area (Å²) in [5.74, 6) is 0. The first-order valence-electron chi connectivity index (χ1n) is 4.48. The third kappa shape index (κ3) is 2.52. The van der Waals surface area contributed by atoms with Crippen molar-refractivity contribution < 1.29 is 0 Å². The fourth-order valence-corrected chi connectivity index (χ4v) is 1.90. The van der Waals surface area contributed by atoms with Crippen LogP contribution in [0, 0.1) is 0 Å². The Labute approximate surface area is 113 Å². The van der Waals surface area contributed by atoms with Crippen molar-refractivity contribution in [1.29, 1.82) is 0 Å². The molecule has 58 valence electrons. The predicted molar refractivity (Wildman–Crippen MR) is 57.3 cm³/mol. The van der Waals surface area contributed by atoms with Crippen LogP contribution in [0.5, 0.6) is 0 Å². The van der Waals surface area contributed by atoms with Crippen LogP contribution in [0.15, 0.2) is 54.6 Å². The summed E-state index contributed by atoms with van der Waals surface area (Å²) < 4.78 is 1.49. The fraction of sp³-hybridized carbons (Fsp3) is 0. The van der Waals surface area contributed by atoms with Gasteiger partial charge in [-0.2, -0.15) is 0 Å². The van der Waals surface area contributed by atoms with Crippen LogP contribution in [0.25, 0.3) is 11.1 Å². The molecule has 0 nitrogen and oxygen atoms in total. The van der Waals surface area contributed by atoms with E-state index in [1.807, 2.05) is 6.07 Å². The normalized spacial score (nSPS) is 10.0. The van der Waals surface area contributed by atoms with E-state index in [4.69, 9.17) is 0 Å². The molecule has 0 unspecified atom stereocenters. The first-order valence-corrected chi connectivity index (χ1v) is 6.04. The van der Waals surface area contributed by atoms with E-state index in [0.29, 0.717) is 0 Å². The van der Waals surface area contributed by atoms with Gasteiger partial charge in [-0.3, -0.25) is 0 Å². The Morgan fingerprint density at radius 2 is 1.15 bits per heavy atom. The molecule has 2 aromatic rings. The quantitative estimate of drug-likeness (QED) is 0.607. The SMILES string of the molecule is [K][c]1ccc(-c2ccccc2)cc1. The van der Waals surface area contributed by atoms with E-state index >= 15 is 0 Å². The molecule has 0 spiro atoms. The van der Waals surface area contributed by atoms with Gasteiger partial charge in [0.2, 0.25) is 0 Å². The van der Waals surface area contributed by atoms with Crippen molar-refractivity contribution in [3.8, 4) is 11.1 Å². The zero-order chi connectivity index (χ0) is 9.10. The molecule has 0 fully saturated rings. The molecule has 0 aromatic heterocycles. The van der Waals surface area contributed by atoms with E-state index in [9.17, 15) is 0 Å². The third-order valence-electron chi connectivity index (χ3n) is 2.16. The second-order valence-electron chi connectivity index (χ2n) is 3.23. The summed E-state index contributed by atoms with van der Waals surface area (Å²) in [6, 6.07) is 19.3. The Hall–Kier alpha value is 0.0764. The average Bonchev–Trinajstić information content (AvgIpc) is 2.20. The van der Waals surface area contributed by atoms with Gasteiger partial charge in [-0.1, -0.05) is 0 Å². The molecule has 1 heteroatoms. The Morgan fingerprint density at radius 1 is 0.615 bits per heavy atom. The molecule has 2 aromatic carbocycles. The van der Waals surface area contributed by atoms with Crippen LogP contribution in [-0.4, -0.2) is 49.0 Å². The molecule has 2 rings (SSSR count). The molecule has 0 bridgehead atoms. The summed E-state index contributed by atoms with van der Waals surface area (Å²) in [6.45, 7) is 0. The second kappa shape index (κ2) is 4.53. The second-order valence-corrected chi connectivity index (χ2v) is 5.04. The minimum atomic E-state index is 0.794.